The first-order chi connectivity index (χ1) is 17.9. The van der Waals surface area contributed by atoms with Crippen molar-refractivity contribution >= 4 is 5.69 Å². The SMILES string of the molecule is N#Cc1ccc(N2[C@@H]3CC[C@H]2CC(OCc2c(-c4ccccc4OC(F)(F)F)noc2C2CC2)C3)cc1. The largest absolute Gasteiger partial charge is 0.573 e. The van der Waals surface area contributed by atoms with Crippen LogP contribution in [0.15, 0.2) is 53.1 Å². The van der Waals surface area contributed by atoms with Crippen LogP contribution in [0.2, 0.25) is 0 Å². The van der Waals surface area contributed by atoms with E-state index in [1.807, 2.05) is 24.3 Å². The van der Waals surface area contributed by atoms with Crippen LogP contribution in [-0.2, 0) is 11.3 Å². The predicted molar refractivity (Wildman–Crippen MR) is 129 cm³/mol. The summed E-state index contributed by atoms with van der Waals surface area (Å²) in [5.41, 5.74) is 3.07. The first kappa shape index (κ1) is 23.9. The van der Waals surface area contributed by atoms with E-state index in [2.05, 4.69) is 20.9 Å². The summed E-state index contributed by atoms with van der Waals surface area (Å²) in [6.45, 7) is 0.228. The zero-order chi connectivity index (χ0) is 25.6. The molecule has 1 unspecified atom stereocenters. The molecule has 9 heteroatoms. The lowest BCUT2D eigenvalue weighted by atomic mass is 9.98. The van der Waals surface area contributed by atoms with Gasteiger partial charge in [-0.05, 0) is 74.9 Å². The quantitative estimate of drug-likeness (QED) is 0.353. The number of para-hydroxylation sites is 1. The molecule has 3 fully saturated rings. The van der Waals surface area contributed by atoms with Gasteiger partial charge >= 0.3 is 6.36 Å². The highest BCUT2D eigenvalue weighted by Crippen LogP contribution is 2.46. The number of nitrogens with zero attached hydrogens (tertiary/aromatic N) is 3. The molecule has 2 aromatic carbocycles. The molecule has 0 spiro atoms. The minimum atomic E-state index is -4.81. The molecule has 3 aromatic rings. The first-order valence-electron chi connectivity index (χ1n) is 12.6. The molecule has 3 aliphatic rings. The lowest BCUT2D eigenvalue weighted by molar-refractivity contribution is -0.274. The van der Waals surface area contributed by atoms with Crippen molar-refractivity contribution in [3.63, 3.8) is 0 Å². The van der Waals surface area contributed by atoms with Gasteiger partial charge in [0.25, 0.3) is 0 Å². The van der Waals surface area contributed by atoms with Gasteiger partial charge in [0.1, 0.15) is 17.2 Å². The average Bonchev–Trinajstić information content (AvgIpc) is 3.58. The molecule has 0 N–H and O–H groups in total. The van der Waals surface area contributed by atoms with Gasteiger partial charge < -0.3 is 18.9 Å². The minimum absolute atomic E-state index is 0.0311. The third kappa shape index (κ3) is 4.90. The van der Waals surface area contributed by atoms with Crippen molar-refractivity contribution in [1.82, 2.24) is 5.16 Å². The maximum absolute atomic E-state index is 13.0. The third-order valence-electron chi connectivity index (χ3n) is 7.58. The number of nitriles is 1. The van der Waals surface area contributed by atoms with E-state index in [9.17, 15) is 13.2 Å². The molecule has 2 aliphatic heterocycles. The number of rotatable bonds is 7. The summed E-state index contributed by atoms with van der Waals surface area (Å²) in [6.07, 6.45) is 1.05. The summed E-state index contributed by atoms with van der Waals surface area (Å²) >= 11 is 0. The maximum Gasteiger partial charge on any atom is 0.573 e. The molecule has 3 atom stereocenters. The fraction of sp³-hybridized carbons (Fsp3) is 0.429. The topological polar surface area (TPSA) is 71.5 Å². The molecule has 1 aromatic heterocycles. The van der Waals surface area contributed by atoms with Crippen molar-refractivity contribution in [2.75, 3.05) is 4.90 Å². The molecule has 0 amide bonds. The van der Waals surface area contributed by atoms with E-state index in [0.717, 1.165) is 44.2 Å². The van der Waals surface area contributed by atoms with Crippen LogP contribution in [0.5, 0.6) is 5.75 Å². The number of aromatic nitrogens is 1. The molecule has 2 bridgehead atoms. The number of hydrogen-bond donors (Lipinski definition) is 0. The second-order valence-corrected chi connectivity index (χ2v) is 10.0. The molecule has 192 valence electrons. The Kier molecular flexibility index (Phi) is 6.07. The van der Waals surface area contributed by atoms with E-state index in [-0.39, 0.29) is 29.9 Å². The van der Waals surface area contributed by atoms with E-state index in [1.54, 1.807) is 12.1 Å². The maximum atomic E-state index is 13.0. The van der Waals surface area contributed by atoms with Crippen molar-refractivity contribution in [2.45, 2.75) is 75.6 Å². The lowest BCUT2D eigenvalue weighted by Gasteiger charge is -2.40. The minimum Gasteiger partial charge on any atom is -0.405 e. The van der Waals surface area contributed by atoms with E-state index >= 15 is 0 Å². The fourth-order valence-corrected chi connectivity index (χ4v) is 5.81. The highest BCUT2D eigenvalue weighted by Gasteiger charge is 2.42. The second-order valence-electron chi connectivity index (χ2n) is 10.0. The lowest BCUT2D eigenvalue weighted by Crippen LogP contribution is -2.45. The zero-order valence-electron chi connectivity index (χ0n) is 20.1. The standard InChI is InChI=1S/C28H26F3N3O3/c29-28(30,31)36-25-4-2-1-3-23(25)26-24(27(37-33-26)18-7-8-18)16-35-22-13-20-11-12-21(14-22)34(20)19-9-5-17(15-32)6-10-19/h1-6,9-10,18,20-22H,7-8,11-14,16H2/t20-,21+,22?. The fourth-order valence-electron chi connectivity index (χ4n) is 5.81. The number of alkyl halides is 3. The third-order valence-corrected chi connectivity index (χ3v) is 7.58. The number of hydrogen-bond acceptors (Lipinski definition) is 6. The summed E-state index contributed by atoms with van der Waals surface area (Å²) < 4.78 is 55.5. The highest BCUT2D eigenvalue weighted by molar-refractivity contribution is 5.70. The van der Waals surface area contributed by atoms with Crippen molar-refractivity contribution in [2.24, 2.45) is 0 Å². The Morgan fingerprint density at radius 3 is 2.35 bits per heavy atom. The van der Waals surface area contributed by atoms with Gasteiger partial charge in [0.2, 0.25) is 0 Å². The molecule has 1 saturated carbocycles. The smallest absolute Gasteiger partial charge is 0.405 e. The molecule has 37 heavy (non-hydrogen) atoms. The van der Waals surface area contributed by atoms with Gasteiger partial charge in [-0.3, -0.25) is 0 Å². The number of benzene rings is 2. The van der Waals surface area contributed by atoms with Crippen molar-refractivity contribution in [3.05, 3.63) is 65.4 Å². The molecule has 2 saturated heterocycles. The predicted octanol–water partition coefficient (Wildman–Crippen LogP) is 6.71. The number of halogens is 3. The van der Waals surface area contributed by atoms with Crippen LogP contribution < -0.4 is 9.64 Å². The average molecular weight is 510 g/mol. The number of fused-ring (bicyclic) bond motifs is 2. The summed E-state index contributed by atoms with van der Waals surface area (Å²) in [4.78, 5) is 2.45. The van der Waals surface area contributed by atoms with E-state index < -0.39 is 6.36 Å². The highest BCUT2D eigenvalue weighted by atomic mass is 19.4. The van der Waals surface area contributed by atoms with Crippen LogP contribution in [0.1, 0.15) is 61.3 Å². The molecule has 3 heterocycles. The summed E-state index contributed by atoms with van der Waals surface area (Å²) in [5, 5.41) is 13.3. The van der Waals surface area contributed by atoms with Crippen LogP contribution in [0.3, 0.4) is 0 Å². The van der Waals surface area contributed by atoms with Crippen molar-refractivity contribution < 1.29 is 27.2 Å². The molecule has 0 radical (unpaired) electrons. The molecular weight excluding hydrogens is 483 g/mol. The van der Waals surface area contributed by atoms with Gasteiger partial charge in [-0.25, -0.2) is 0 Å². The Hall–Kier alpha value is -3.51. The van der Waals surface area contributed by atoms with E-state index in [4.69, 9.17) is 14.5 Å². The summed E-state index contributed by atoms with van der Waals surface area (Å²) in [7, 11) is 0. The Morgan fingerprint density at radius 2 is 1.70 bits per heavy atom. The Morgan fingerprint density at radius 1 is 1.00 bits per heavy atom. The van der Waals surface area contributed by atoms with Crippen molar-refractivity contribution in [1.29, 1.82) is 5.26 Å². The normalized spacial score (nSPS) is 23.2. The Balaban J connectivity index is 1.20. The molecule has 6 nitrogen and oxygen atoms in total. The van der Waals surface area contributed by atoms with Gasteiger partial charge in [-0.2, -0.15) is 5.26 Å². The van der Waals surface area contributed by atoms with Crippen LogP contribution >= 0.6 is 0 Å². The monoisotopic (exact) mass is 509 g/mol. The summed E-state index contributed by atoms with van der Waals surface area (Å²) in [5.74, 6) is 0.625. The van der Waals surface area contributed by atoms with Crippen LogP contribution in [0.25, 0.3) is 11.3 Å². The molecule has 6 rings (SSSR count). The van der Waals surface area contributed by atoms with Gasteiger partial charge in [-0.1, -0.05) is 17.3 Å². The second kappa shape index (κ2) is 9.42. The van der Waals surface area contributed by atoms with Gasteiger partial charge in [0.15, 0.2) is 0 Å². The Bertz CT molecular complexity index is 1300. The van der Waals surface area contributed by atoms with E-state index in [0.29, 0.717) is 34.7 Å². The van der Waals surface area contributed by atoms with Gasteiger partial charge in [0, 0.05) is 34.8 Å². The molecular formula is C28H26F3N3O3. The number of piperidine rings is 1. The summed E-state index contributed by atoms with van der Waals surface area (Å²) in [6, 6.07) is 16.6. The number of ether oxygens (including phenoxy) is 2. The van der Waals surface area contributed by atoms with Crippen LogP contribution in [0, 0.1) is 11.3 Å². The van der Waals surface area contributed by atoms with Gasteiger partial charge in [-0.15, -0.1) is 13.2 Å². The Labute approximate surface area is 212 Å². The first-order valence-corrected chi connectivity index (χ1v) is 12.6. The zero-order valence-corrected chi connectivity index (χ0v) is 20.1. The van der Waals surface area contributed by atoms with Crippen LogP contribution in [0.4, 0.5) is 18.9 Å². The molecule has 1 aliphatic carbocycles. The van der Waals surface area contributed by atoms with Gasteiger partial charge in [0.05, 0.1) is 24.3 Å². The number of anilines is 1. The van der Waals surface area contributed by atoms with Crippen LogP contribution in [-0.4, -0.2) is 29.7 Å². The van der Waals surface area contributed by atoms with E-state index in [1.165, 1.54) is 12.1 Å². The van der Waals surface area contributed by atoms with Crippen molar-refractivity contribution in [3.8, 4) is 23.1 Å².